The first kappa shape index (κ1) is 15.3. The number of non-ortho nitro benzene ring substituents is 1. The monoisotopic (exact) mass is 280 g/mol. The molecule has 0 bridgehead atoms. The van der Waals surface area contributed by atoms with Crippen LogP contribution in [0.1, 0.15) is 12.5 Å². The predicted octanol–water partition coefficient (Wildman–Crippen LogP) is 1.82. The Hall–Kier alpha value is -2.77. The number of carbonyl (C=O) groups excluding carboxylic acids is 1. The van der Waals surface area contributed by atoms with Crippen molar-refractivity contribution in [1.82, 2.24) is 0 Å². The fourth-order valence-electron chi connectivity index (χ4n) is 1.47. The summed E-state index contributed by atoms with van der Waals surface area (Å²) in [6.45, 7) is 4.31. The fraction of sp³-hybridized carbons (Fsp3) is 0.250. The van der Waals surface area contributed by atoms with E-state index in [2.05, 4.69) is 11.3 Å². The van der Waals surface area contributed by atoms with Crippen LogP contribution in [0.15, 0.2) is 30.8 Å². The van der Waals surface area contributed by atoms with E-state index in [4.69, 9.17) is 0 Å². The molecule has 1 aromatic carbocycles. The van der Waals surface area contributed by atoms with Crippen LogP contribution >= 0.6 is 0 Å². The molecule has 1 unspecified atom stereocenters. The van der Waals surface area contributed by atoms with Gasteiger partial charge in [-0.1, -0.05) is 6.58 Å². The van der Waals surface area contributed by atoms with Gasteiger partial charge in [-0.3, -0.25) is 25.0 Å². The van der Waals surface area contributed by atoms with Crippen molar-refractivity contribution in [1.29, 1.82) is 0 Å². The number of hydrogen-bond acceptors (Lipinski definition) is 6. The molecule has 0 saturated carbocycles. The molecule has 0 aliphatic heterocycles. The largest absolute Gasteiger partial charge is 0.458 e. The van der Waals surface area contributed by atoms with Crippen molar-refractivity contribution in [3.63, 3.8) is 0 Å². The molecule has 8 heteroatoms. The maximum absolute atomic E-state index is 10.9. The molecule has 0 aromatic heterocycles. The summed E-state index contributed by atoms with van der Waals surface area (Å²) in [5, 5.41) is 21.5. The Kier molecular flexibility index (Phi) is 4.90. The summed E-state index contributed by atoms with van der Waals surface area (Å²) in [4.78, 5) is 31.0. The van der Waals surface area contributed by atoms with Crippen molar-refractivity contribution in [2.24, 2.45) is 0 Å². The molecule has 0 aliphatic rings. The Morgan fingerprint density at radius 2 is 1.85 bits per heavy atom. The van der Waals surface area contributed by atoms with Gasteiger partial charge in [-0.05, 0) is 17.7 Å². The summed E-state index contributed by atoms with van der Waals surface area (Å²) in [5.74, 6) is -0.631. The Bertz CT molecular complexity index is 552. The van der Waals surface area contributed by atoms with E-state index in [9.17, 15) is 25.0 Å². The Morgan fingerprint density at radius 1 is 1.30 bits per heavy atom. The average Bonchev–Trinajstić information content (AvgIpc) is 2.38. The third-order valence-corrected chi connectivity index (χ3v) is 2.55. The molecule has 0 spiro atoms. The zero-order valence-corrected chi connectivity index (χ0v) is 10.6. The van der Waals surface area contributed by atoms with E-state index in [1.54, 1.807) is 0 Å². The van der Waals surface area contributed by atoms with Gasteiger partial charge in [-0.25, -0.2) is 0 Å². The fourth-order valence-corrected chi connectivity index (χ4v) is 1.47. The number of esters is 1. The molecule has 0 aliphatic carbocycles. The van der Waals surface area contributed by atoms with Gasteiger partial charge in [-0.2, -0.15) is 0 Å². The lowest BCUT2D eigenvalue weighted by Crippen LogP contribution is -2.27. The lowest BCUT2D eigenvalue weighted by Gasteiger charge is -2.12. The molecule has 20 heavy (non-hydrogen) atoms. The minimum absolute atomic E-state index is 0.117. The molecule has 1 rings (SSSR count). The van der Waals surface area contributed by atoms with Crippen LogP contribution in [0.2, 0.25) is 0 Å². The van der Waals surface area contributed by atoms with Gasteiger partial charge in [0.2, 0.25) is 0 Å². The normalized spacial score (nSPS) is 11.4. The van der Waals surface area contributed by atoms with Crippen LogP contribution in [-0.4, -0.2) is 28.5 Å². The smallest absolute Gasteiger partial charge is 0.302 e. The van der Waals surface area contributed by atoms with Gasteiger partial charge in [0.25, 0.3) is 11.7 Å². The molecule has 0 amide bonds. The van der Waals surface area contributed by atoms with Crippen molar-refractivity contribution in [2.75, 3.05) is 6.61 Å². The number of nitro benzene ring substituents is 1. The van der Waals surface area contributed by atoms with Crippen molar-refractivity contribution in [2.45, 2.75) is 13.0 Å². The van der Waals surface area contributed by atoms with E-state index in [1.807, 2.05) is 0 Å². The molecule has 0 heterocycles. The van der Waals surface area contributed by atoms with E-state index in [1.165, 1.54) is 24.3 Å². The number of ether oxygens (including phenoxy) is 1. The number of carbonyl (C=O) groups is 1. The Morgan fingerprint density at radius 3 is 2.25 bits per heavy atom. The van der Waals surface area contributed by atoms with Gasteiger partial charge in [0, 0.05) is 29.6 Å². The molecule has 0 saturated heterocycles. The minimum atomic E-state index is -1.29. The molecule has 0 fully saturated rings. The van der Waals surface area contributed by atoms with Crippen LogP contribution in [-0.2, 0) is 9.53 Å². The van der Waals surface area contributed by atoms with E-state index >= 15 is 0 Å². The summed E-state index contributed by atoms with van der Waals surface area (Å²) in [6, 6.07) is 3.89. The number of hydrogen-bond donors (Lipinski definition) is 0. The zero-order valence-electron chi connectivity index (χ0n) is 10.6. The lowest BCUT2D eigenvalue weighted by atomic mass is 10.0. The first-order valence-electron chi connectivity index (χ1n) is 5.53. The zero-order chi connectivity index (χ0) is 15.3. The molecule has 1 atom stereocenters. The number of benzene rings is 1. The number of nitro groups is 2. The van der Waals surface area contributed by atoms with E-state index in [-0.39, 0.29) is 11.3 Å². The molecule has 8 nitrogen and oxygen atoms in total. The van der Waals surface area contributed by atoms with Gasteiger partial charge in [0.15, 0.2) is 6.61 Å². The first-order chi connectivity index (χ1) is 9.32. The van der Waals surface area contributed by atoms with Crippen LogP contribution in [0, 0.1) is 20.2 Å². The molecule has 0 radical (unpaired) electrons. The molecule has 106 valence electrons. The van der Waals surface area contributed by atoms with Gasteiger partial charge in [0.1, 0.15) is 0 Å². The highest BCUT2D eigenvalue weighted by Gasteiger charge is 2.26. The Balaban J connectivity index is 2.91. The van der Waals surface area contributed by atoms with Crippen LogP contribution in [0.5, 0.6) is 0 Å². The SMILES string of the molecule is C=C(c1ccc([N+](=O)[O-])cc1)C(COC(C)=O)[N+](=O)[O-]. The van der Waals surface area contributed by atoms with Crippen LogP contribution in [0.3, 0.4) is 0 Å². The average molecular weight is 280 g/mol. The van der Waals surface area contributed by atoms with Crippen molar-refractivity contribution in [3.8, 4) is 0 Å². The number of nitrogens with zero attached hydrogens (tertiary/aromatic N) is 2. The van der Waals surface area contributed by atoms with Gasteiger partial charge < -0.3 is 4.74 Å². The maximum Gasteiger partial charge on any atom is 0.302 e. The lowest BCUT2D eigenvalue weighted by molar-refractivity contribution is -0.508. The van der Waals surface area contributed by atoms with E-state index in [0.29, 0.717) is 5.56 Å². The van der Waals surface area contributed by atoms with Crippen molar-refractivity contribution < 1.29 is 19.4 Å². The second kappa shape index (κ2) is 6.41. The molecular formula is C12H12N2O6. The number of rotatable bonds is 6. The third kappa shape index (κ3) is 3.87. The molecular weight excluding hydrogens is 268 g/mol. The predicted molar refractivity (Wildman–Crippen MR) is 69.5 cm³/mol. The quantitative estimate of drug-likeness (QED) is 0.446. The topological polar surface area (TPSA) is 113 Å². The second-order valence-electron chi connectivity index (χ2n) is 3.93. The summed E-state index contributed by atoms with van der Waals surface area (Å²) >= 11 is 0. The highest BCUT2D eigenvalue weighted by molar-refractivity contribution is 5.69. The van der Waals surface area contributed by atoms with E-state index in [0.717, 1.165) is 6.92 Å². The first-order valence-corrected chi connectivity index (χ1v) is 5.53. The van der Waals surface area contributed by atoms with Crippen molar-refractivity contribution in [3.05, 3.63) is 56.6 Å². The van der Waals surface area contributed by atoms with Crippen molar-refractivity contribution >= 4 is 17.2 Å². The van der Waals surface area contributed by atoms with Crippen LogP contribution in [0.25, 0.3) is 5.57 Å². The third-order valence-electron chi connectivity index (χ3n) is 2.55. The Labute approximate surface area is 114 Å². The summed E-state index contributed by atoms with van der Waals surface area (Å²) in [5.41, 5.74) is 0.370. The van der Waals surface area contributed by atoms with Gasteiger partial charge >= 0.3 is 5.97 Å². The summed E-state index contributed by atoms with van der Waals surface area (Å²) in [7, 11) is 0. The minimum Gasteiger partial charge on any atom is -0.458 e. The highest BCUT2D eigenvalue weighted by atomic mass is 16.6. The van der Waals surface area contributed by atoms with Gasteiger partial charge in [-0.15, -0.1) is 0 Å². The highest BCUT2D eigenvalue weighted by Crippen LogP contribution is 2.21. The summed E-state index contributed by atoms with van der Waals surface area (Å²) in [6.07, 6.45) is 0. The maximum atomic E-state index is 10.9. The van der Waals surface area contributed by atoms with Crippen LogP contribution in [0.4, 0.5) is 5.69 Å². The molecule has 1 aromatic rings. The van der Waals surface area contributed by atoms with Crippen LogP contribution < -0.4 is 0 Å². The van der Waals surface area contributed by atoms with E-state index < -0.39 is 28.5 Å². The summed E-state index contributed by atoms with van der Waals surface area (Å²) < 4.78 is 4.62. The standard InChI is InChI=1S/C12H12N2O6/c1-8(12(14(18)19)7-20-9(2)15)10-3-5-11(6-4-10)13(16)17/h3-6,12H,1,7H2,2H3. The van der Waals surface area contributed by atoms with Gasteiger partial charge in [0.05, 0.1) is 4.92 Å². The molecule has 0 N–H and O–H groups in total. The second-order valence-corrected chi connectivity index (χ2v) is 3.93.